The Kier molecular flexibility index (Phi) is 5.84. The number of hydrogen-bond acceptors (Lipinski definition) is 4. The molecule has 0 aliphatic carbocycles. The molecule has 0 N–H and O–H groups in total. The van der Waals surface area contributed by atoms with Gasteiger partial charge in [-0.25, -0.2) is 8.42 Å². The Hall–Kier alpha value is -0.800. The van der Waals surface area contributed by atoms with Crippen LogP contribution in [0, 0.1) is 0 Å². The normalized spacial score (nSPS) is 12.8. The minimum Gasteiger partial charge on any atom is -0.375 e. The van der Waals surface area contributed by atoms with E-state index in [1.165, 1.54) is 0 Å². The molecule has 0 radical (unpaired) electrons. The van der Waals surface area contributed by atoms with Gasteiger partial charge in [0.1, 0.15) is 10.6 Å². The van der Waals surface area contributed by atoms with Crippen LogP contribution in [0.4, 0.5) is 13.2 Å². The third-order valence-electron chi connectivity index (χ3n) is 2.27. The number of aromatic nitrogens is 2. The van der Waals surface area contributed by atoms with Gasteiger partial charge in [-0.15, -0.1) is 0 Å². The summed E-state index contributed by atoms with van der Waals surface area (Å²) in [5.74, 6) is 0. The lowest BCUT2D eigenvalue weighted by Gasteiger charge is -2.05. The van der Waals surface area contributed by atoms with Crippen LogP contribution in [0.3, 0.4) is 0 Å². The summed E-state index contributed by atoms with van der Waals surface area (Å²) < 4.78 is 65.1. The van der Waals surface area contributed by atoms with E-state index in [0.717, 1.165) is 17.3 Å². The second-order valence-electron chi connectivity index (χ2n) is 4.06. The highest BCUT2D eigenvalue weighted by atomic mass is 35.7. The molecule has 0 saturated carbocycles. The van der Waals surface area contributed by atoms with Gasteiger partial charge in [-0.05, 0) is 6.42 Å². The Balaban J connectivity index is 2.88. The summed E-state index contributed by atoms with van der Waals surface area (Å²) in [6.45, 7) is 1.66. The van der Waals surface area contributed by atoms with Crippen LogP contribution in [0.15, 0.2) is 11.1 Å². The molecular formula is C10H14ClF3N2O3S. The first-order valence-electron chi connectivity index (χ1n) is 5.79. The van der Waals surface area contributed by atoms with Crippen LogP contribution < -0.4 is 0 Å². The Bertz CT molecular complexity index is 542. The van der Waals surface area contributed by atoms with Crippen molar-refractivity contribution in [2.75, 3.05) is 6.61 Å². The third-order valence-corrected chi connectivity index (χ3v) is 3.64. The number of hydrogen-bond donors (Lipinski definition) is 0. The molecule has 0 amide bonds. The third kappa shape index (κ3) is 5.68. The average Bonchev–Trinajstić information content (AvgIpc) is 2.69. The number of aryl methyl sites for hydroxylation is 1. The zero-order valence-electron chi connectivity index (χ0n) is 10.7. The van der Waals surface area contributed by atoms with Crippen molar-refractivity contribution in [3.8, 4) is 0 Å². The van der Waals surface area contributed by atoms with Gasteiger partial charge in [-0.1, -0.05) is 6.92 Å². The largest absolute Gasteiger partial charge is 0.390 e. The molecule has 10 heteroatoms. The molecule has 1 heterocycles. The van der Waals surface area contributed by atoms with Crippen molar-refractivity contribution >= 4 is 19.7 Å². The van der Waals surface area contributed by atoms with Crippen molar-refractivity contribution < 1.29 is 26.3 Å². The van der Waals surface area contributed by atoms with E-state index in [2.05, 4.69) is 5.10 Å². The predicted molar refractivity (Wildman–Crippen MR) is 65.9 cm³/mol. The lowest BCUT2D eigenvalue weighted by Crippen LogP contribution is -2.12. The Morgan fingerprint density at radius 2 is 2.10 bits per heavy atom. The number of alkyl halides is 3. The smallest absolute Gasteiger partial charge is 0.375 e. The van der Waals surface area contributed by atoms with Gasteiger partial charge in [0, 0.05) is 30.0 Å². The molecule has 0 bridgehead atoms. The van der Waals surface area contributed by atoms with Gasteiger partial charge in [0.2, 0.25) is 0 Å². The van der Waals surface area contributed by atoms with Crippen LogP contribution >= 0.6 is 10.7 Å². The summed E-state index contributed by atoms with van der Waals surface area (Å²) in [4.78, 5) is -0.322. The van der Waals surface area contributed by atoms with Gasteiger partial charge in [0.15, 0.2) is 0 Å². The van der Waals surface area contributed by atoms with Gasteiger partial charge in [-0.2, -0.15) is 18.3 Å². The maximum Gasteiger partial charge on any atom is 0.390 e. The Labute approximate surface area is 119 Å². The van der Waals surface area contributed by atoms with Gasteiger partial charge < -0.3 is 4.74 Å². The zero-order chi connectivity index (χ0) is 15.4. The number of ether oxygens (including phenoxy) is 1. The highest BCUT2D eigenvalue weighted by Crippen LogP contribution is 2.23. The molecule has 1 aromatic heterocycles. The van der Waals surface area contributed by atoms with Crippen LogP contribution in [-0.4, -0.2) is 31.0 Å². The first-order valence-corrected chi connectivity index (χ1v) is 8.10. The van der Waals surface area contributed by atoms with Crippen LogP contribution in [0.25, 0.3) is 0 Å². The molecule has 0 fully saturated rings. The molecule has 0 spiro atoms. The van der Waals surface area contributed by atoms with Crippen molar-refractivity contribution in [2.24, 2.45) is 0 Å². The van der Waals surface area contributed by atoms with E-state index in [1.54, 1.807) is 0 Å². The molecule has 0 aliphatic heterocycles. The van der Waals surface area contributed by atoms with Gasteiger partial charge in [0.25, 0.3) is 9.05 Å². The first kappa shape index (κ1) is 17.3. The summed E-state index contributed by atoms with van der Waals surface area (Å²) >= 11 is 0. The Morgan fingerprint density at radius 1 is 1.45 bits per heavy atom. The second kappa shape index (κ2) is 6.77. The lowest BCUT2D eigenvalue weighted by molar-refractivity contribution is -0.137. The number of rotatable bonds is 7. The highest BCUT2D eigenvalue weighted by Gasteiger charge is 2.28. The van der Waals surface area contributed by atoms with Crippen molar-refractivity contribution in [2.45, 2.75) is 44.0 Å². The fourth-order valence-corrected chi connectivity index (χ4v) is 2.43. The van der Waals surface area contributed by atoms with Crippen molar-refractivity contribution in [3.05, 3.63) is 11.9 Å². The van der Waals surface area contributed by atoms with Gasteiger partial charge in [0.05, 0.1) is 13.0 Å². The van der Waals surface area contributed by atoms with E-state index in [4.69, 9.17) is 15.4 Å². The molecule has 0 saturated heterocycles. The summed E-state index contributed by atoms with van der Waals surface area (Å²) in [6, 6.07) is 0. The van der Waals surface area contributed by atoms with Crippen molar-refractivity contribution in [1.82, 2.24) is 9.78 Å². The van der Waals surface area contributed by atoms with Crippen LogP contribution in [0.1, 0.15) is 25.5 Å². The highest BCUT2D eigenvalue weighted by molar-refractivity contribution is 8.13. The standard InChI is InChI=1S/C10H14ClF3N2O3S/c1-2-5-19-7-8-9(20(11,17)18)6-16(15-8)4-3-10(12,13)14/h6H,2-5,7H2,1H3. The maximum atomic E-state index is 12.1. The molecule has 0 aliphatic rings. The summed E-state index contributed by atoms with van der Waals surface area (Å²) in [7, 11) is 1.15. The van der Waals surface area contributed by atoms with E-state index in [9.17, 15) is 21.6 Å². The fraction of sp³-hybridized carbons (Fsp3) is 0.700. The van der Waals surface area contributed by atoms with E-state index >= 15 is 0 Å². The molecule has 20 heavy (non-hydrogen) atoms. The number of nitrogens with zero attached hydrogens (tertiary/aromatic N) is 2. The summed E-state index contributed by atoms with van der Waals surface area (Å²) in [5, 5.41) is 3.78. The maximum absolute atomic E-state index is 12.1. The molecule has 0 unspecified atom stereocenters. The Morgan fingerprint density at radius 3 is 2.60 bits per heavy atom. The summed E-state index contributed by atoms with van der Waals surface area (Å²) in [5.41, 5.74) is 0.00984. The monoisotopic (exact) mass is 334 g/mol. The van der Waals surface area contributed by atoms with Crippen LogP contribution in [0.2, 0.25) is 0 Å². The quantitative estimate of drug-likeness (QED) is 0.568. The van der Waals surface area contributed by atoms with Crippen molar-refractivity contribution in [3.63, 3.8) is 0 Å². The minimum atomic E-state index is -4.34. The molecule has 0 aromatic carbocycles. The van der Waals surface area contributed by atoms with Crippen molar-refractivity contribution in [1.29, 1.82) is 0 Å². The molecule has 1 rings (SSSR count). The molecule has 116 valence electrons. The lowest BCUT2D eigenvalue weighted by atomic mass is 10.4. The molecule has 1 aromatic rings. The average molecular weight is 335 g/mol. The van der Waals surface area contributed by atoms with Gasteiger partial charge >= 0.3 is 6.18 Å². The summed E-state index contributed by atoms with van der Waals surface area (Å²) in [6.07, 6.45) is -3.74. The van der Waals surface area contributed by atoms with E-state index in [0.29, 0.717) is 6.61 Å². The minimum absolute atomic E-state index is 0.00984. The predicted octanol–water partition coefficient (Wildman–Crippen LogP) is 2.69. The van der Waals surface area contributed by atoms with E-state index in [1.807, 2.05) is 6.92 Å². The van der Waals surface area contributed by atoms with Crippen LogP contribution in [-0.2, 0) is 26.9 Å². The first-order chi connectivity index (χ1) is 9.13. The molecular weight excluding hydrogens is 321 g/mol. The number of halogens is 4. The van der Waals surface area contributed by atoms with E-state index in [-0.39, 0.29) is 17.2 Å². The second-order valence-corrected chi connectivity index (χ2v) is 6.59. The zero-order valence-corrected chi connectivity index (χ0v) is 12.2. The fourth-order valence-electron chi connectivity index (χ4n) is 1.42. The molecule has 5 nitrogen and oxygen atoms in total. The SMILES string of the molecule is CCCOCc1nn(CCC(F)(F)F)cc1S(=O)(=O)Cl. The van der Waals surface area contributed by atoms with Crippen LogP contribution in [0.5, 0.6) is 0 Å². The topological polar surface area (TPSA) is 61.2 Å². The van der Waals surface area contributed by atoms with E-state index < -0.39 is 28.2 Å². The molecule has 0 atom stereocenters. The van der Waals surface area contributed by atoms with Gasteiger partial charge in [-0.3, -0.25) is 4.68 Å².